The Kier molecular flexibility index (Phi) is 3.50. The van der Waals surface area contributed by atoms with E-state index in [2.05, 4.69) is 11.4 Å². The van der Waals surface area contributed by atoms with Crippen LogP contribution in [0.5, 0.6) is 0 Å². The van der Waals surface area contributed by atoms with Crippen LogP contribution in [0.15, 0.2) is 24.3 Å². The molecule has 0 spiro atoms. The number of nitrogens with two attached hydrogens (primary N) is 1. The maximum atomic E-state index is 11.9. The van der Waals surface area contributed by atoms with Crippen molar-refractivity contribution in [2.24, 2.45) is 11.7 Å². The number of carbonyl (C=O) groups excluding carboxylic acids is 1. The Morgan fingerprint density at radius 3 is 2.74 bits per heavy atom. The molecule has 3 N–H and O–H groups in total. The third kappa shape index (κ3) is 2.93. The standard InChI is InChI=1S/C15H19ClN2O/c16-12-3-1-2-10(6-12)11-7-13(8-11)18-15(19)14(17)9-4-5-9/h1-3,6,9,11,13-14H,4-5,7-8,17H2,(H,18,19). The summed E-state index contributed by atoms with van der Waals surface area (Å²) in [5.74, 6) is 0.960. The normalized spacial score (nSPS) is 27.5. The number of carbonyl (C=O) groups is 1. The average Bonchev–Trinajstić information content (AvgIpc) is 3.16. The Morgan fingerprint density at radius 1 is 1.37 bits per heavy atom. The van der Waals surface area contributed by atoms with Crippen LogP contribution in [0.4, 0.5) is 0 Å². The Labute approximate surface area is 118 Å². The van der Waals surface area contributed by atoms with Crippen LogP contribution < -0.4 is 11.1 Å². The lowest BCUT2D eigenvalue weighted by Crippen LogP contribution is -2.50. The minimum Gasteiger partial charge on any atom is -0.352 e. The predicted molar refractivity (Wildman–Crippen MR) is 76.1 cm³/mol. The monoisotopic (exact) mass is 278 g/mol. The first-order valence-electron chi connectivity index (χ1n) is 6.95. The van der Waals surface area contributed by atoms with Gasteiger partial charge in [-0.25, -0.2) is 0 Å². The topological polar surface area (TPSA) is 55.1 Å². The van der Waals surface area contributed by atoms with E-state index in [1.807, 2.05) is 18.2 Å². The molecule has 1 amide bonds. The molecule has 1 unspecified atom stereocenters. The molecule has 0 saturated heterocycles. The molecule has 2 aliphatic carbocycles. The number of hydrogen-bond acceptors (Lipinski definition) is 2. The molecule has 1 atom stereocenters. The Bertz CT molecular complexity index is 481. The summed E-state index contributed by atoms with van der Waals surface area (Å²) in [5.41, 5.74) is 7.15. The molecular weight excluding hydrogens is 260 g/mol. The van der Waals surface area contributed by atoms with Gasteiger partial charge in [-0.2, -0.15) is 0 Å². The first-order valence-corrected chi connectivity index (χ1v) is 7.32. The smallest absolute Gasteiger partial charge is 0.237 e. The summed E-state index contributed by atoms with van der Waals surface area (Å²) in [6.45, 7) is 0. The van der Waals surface area contributed by atoms with Gasteiger partial charge in [0.15, 0.2) is 0 Å². The number of hydrogen-bond donors (Lipinski definition) is 2. The zero-order valence-corrected chi connectivity index (χ0v) is 11.6. The molecule has 2 fully saturated rings. The number of rotatable bonds is 4. The number of nitrogens with one attached hydrogen (secondary N) is 1. The molecule has 0 radical (unpaired) electrons. The summed E-state index contributed by atoms with van der Waals surface area (Å²) in [4.78, 5) is 11.9. The van der Waals surface area contributed by atoms with Crippen molar-refractivity contribution in [3.8, 4) is 0 Å². The minimum atomic E-state index is -0.301. The molecule has 0 bridgehead atoms. The maximum Gasteiger partial charge on any atom is 0.237 e. The van der Waals surface area contributed by atoms with Crippen molar-refractivity contribution in [3.05, 3.63) is 34.9 Å². The van der Waals surface area contributed by atoms with Gasteiger partial charge in [0.05, 0.1) is 6.04 Å². The third-order valence-electron chi connectivity index (χ3n) is 4.24. The fourth-order valence-electron chi connectivity index (χ4n) is 2.74. The van der Waals surface area contributed by atoms with E-state index in [4.69, 9.17) is 17.3 Å². The Hall–Kier alpha value is -1.06. The Balaban J connectivity index is 1.48. The summed E-state index contributed by atoms with van der Waals surface area (Å²) in [5, 5.41) is 3.83. The van der Waals surface area contributed by atoms with Crippen LogP contribution in [0.25, 0.3) is 0 Å². The second-order valence-corrected chi connectivity index (χ2v) is 6.23. The predicted octanol–water partition coefficient (Wildman–Crippen LogP) is 2.44. The van der Waals surface area contributed by atoms with Crippen LogP contribution in [0, 0.1) is 5.92 Å². The van der Waals surface area contributed by atoms with E-state index < -0.39 is 0 Å². The van der Waals surface area contributed by atoms with E-state index in [1.165, 1.54) is 5.56 Å². The van der Waals surface area contributed by atoms with Gasteiger partial charge >= 0.3 is 0 Å². The molecule has 102 valence electrons. The lowest BCUT2D eigenvalue weighted by molar-refractivity contribution is -0.124. The second kappa shape index (κ2) is 5.14. The lowest BCUT2D eigenvalue weighted by Gasteiger charge is -2.36. The van der Waals surface area contributed by atoms with Crippen molar-refractivity contribution in [1.29, 1.82) is 0 Å². The molecule has 1 aromatic rings. The van der Waals surface area contributed by atoms with Gasteiger partial charge in [-0.3, -0.25) is 4.79 Å². The zero-order valence-electron chi connectivity index (χ0n) is 10.8. The number of amides is 1. The van der Waals surface area contributed by atoms with Gasteiger partial charge < -0.3 is 11.1 Å². The summed E-state index contributed by atoms with van der Waals surface area (Å²) in [6.07, 6.45) is 4.18. The van der Waals surface area contributed by atoms with Crippen molar-refractivity contribution >= 4 is 17.5 Å². The van der Waals surface area contributed by atoms with E-state index in [0.717, 1.165) is 30.7 Å². The summed E-state index contributed by atoms with van der Waals surface area (Å²) >= 11 is 5.99. The molecule has 1 aromatic carbocycles. The van der Waals surface area contributed by atoms with Gasteiger partial charge in [-0.15, -0.1) is 0 Å². The summed E-state index contributed by atoms with van der Waals surface area (Å²) < 4.78 is 0. The lowest BCUT2D eigenvalue weighted by atomic mass is 9.76. The van der Waals surface area contributed by atoms with E-state index in [1.54, 1.807) is 0 Å². The van der Waals surface area contributed by atoms with Crippen molar-refractivity contribution in [1.82, 2.24) is 5.32 Å². The van der Waals surface area contributed by atoms with Crippen molar-refractivity contribution in [3.63, 3.8) is 0 Å². The fraction of sp³-hybridized carbons (Fsp3) is 0.533. The summed E-state index contributed by atoms with van der Waals surface area (Å²) in [7, 11) is 0. The van der Waals surface area contributed by atoms with Gasteiger partial charge in [-0.1, -0.05) is 23.7 Å². The first-order chi connectivity index (χ1) is 9.13. The highest BCUT2D eigenvalue weighted by Gasteiger charge is 2.37. The van der Waals surface area contributed by atoms with E-state index >= 15 is 0 Å². The number of halogens is 1. The summed E-state index contributed by atoms with van der Waals surface area (Å²) in [6, 6.07) is 7.96. The molecule has 3 nitrogen and oxygen atoms in total. The highest BCUT2D eigenvalue weighted by molar-refractivity contribution is 6.30. The molecule has 0 aliphatic heterocycles. The van der Waals surface area contributed by atoms with E-state index in [9.17, 15) is 4.79 Å². The molecule has 2 aliphatic rings. The molecule has 0 aromatic heterocycles. The van der Waals surface area contributed by atoms with Crippen LogP contribution >= 0.6 is 11.6 Å². The van der Waals surface area contributed by atoms with Gasteiger partial charge in [0.2, 0.25) is 5.91 Å². The van der Waals surface area contributed by atoms with Crippen LogP contribution in [0.2, 0.25) is 5.02 Å². The fourth-order valence-corrected chi connectivity index (χ4v) is 2.93. The van der Waals surface area contributed by atoms with Crippen LogP contribution in [0.3, 0.4) is 0 Å². The number of benzene rings is 1. The molecule has 19 heavy (non-hydrogen) atoms. The quantitative estimate of drug-likeness (QED) is 0.889. The van der Waals surface area contributed by atoms with Crippen molar-refractivity contribution in [2.45, 2.75) is 43.7 Å². The maximum absolute atomic E-state index is 11.9. The van der Waals surface area contributed by atoms with Gasteiger partial charge in [0.1, 0.15) is 0 Å². The first kappa shape index (κ1) is 12.9. The molecule has 3 rings (SSSR count). The largest absolute Gasteiger partial charge is 0.352 e. The van der Waals surface area contributed by atoms with Crippen molar-refractivity contribution < 1.29 is 4.79 Å². The highest BCUT2D eigenvalue weighted by Crippen LogP contribution is 2.38. The molecular formula is C15H19ClN2O. The van der Waals surface area contributed by atoms with Crippen LogP contribution in [-0.4, -0.2) is 18.0 Å². The van der Waals surface area contributed by atoms with Crippen LogP contribution in [-0.2, 0) is 4.79 Å². The van der Waals surface area contributed by atoms with E-state index in [-0.39, 0.29) is 18.0 Å². The Morgan fingerprint density at radius 2 is 2.11 bits per heavy atom. The highest BCUT2D eigenvalue weighted by atomic mass is 35.5. The average molecular weight is 279 g/mol. The SMILES string of the molecule is NC(C(=O)NC1CC(c2cccc(Cl)c2)C1)C1CC1. The van der Waals surface area contributed by atoms with E-state index in [0.29, 0.717) is 11.8 Å². The molecule has 4 heteroatoms. The van der Waals surface area contributed by atoms with Gasteiger partial charge in [-0.05, 0) is 55.2 Å². The van der Waals surface area contributed by atoms with Gasteiger partial charge in [0.25, 0.3) is 0 Å². The molecule has 0 heterocycles. The third-order valence-corrected chi connectivity index (χ3v) is 4.47. The molecule has 2 saturated carbocycles. The van der Waals surface area contributed by atoms with Crippen LogP contribution in [0.1, 0.15) is 37.2 Å². The van der Waals surface area contributed by atoms with Crippen molar-refractivity contribution in [2.75, 3.05) is 0 Å². The zero-order chi connectivity index (χ0) is 13.4. The minimum absolute atomic E-state index is 0.0250. The second-order valence-electron chi connectivity index (χ2n) is 5.79. The van der Waals surface area contributed by atoms with Gasteiger partial charge in [0, 0.05) is 11.1 Å².